The Hall–Kier alpha value is -0.0400. The van der Waals surface area contributed by atoms with Gasteiger partial charge in [-0.05, 0) is 36.5 Å². The van der Waals surface area contributed by atoms with Crippen molar-refractivity contribution in [1.82, 2.24) is 5.32 Å². The molecule has 1 saturated heterocycles. The predicted molar refractivity (Wildman–Crippen MR) is 50.0 cm³/mol. The molecule has 0 aromatic heterocycles. The van der Waals surface area contributed by atoms with Crippen LogP contribution in [-0.2, 0) is 0 Å². The first-order chi connectivity index (χ1) is 5.88. The summed E-state index contributed by atoms with van der Waals surface area (Å²) in [5, 5.41) is 3.44. The van der Waals surface area contributed by atoms with Crippen molar-refractivity contribution < 1.29 is 0 Å². The molecule has 2 saturated carbocycles. The van der Waals surface area contributed by atoms with Gasteiger partial charge in [-0.1, -0.05) is 19.3 Å². The maximum Gasteiger partial charge on any atom is 0.00203 e. The molecular formula is C11H19N. The van der Waals surface area contributed by atoms with E-state index in [9.17, 15) is 0 Å². The van der Waals surface area contributed by atoms with Gasteiger partial charge in [0.1, 0.15) is 0 Å². The fourth-order valence-electron chi connectivity index (χ4n) is 3.37. The van der Waals surface area contributed by atoms with Gasteiger partial charge in [-0.15, -0.1) is 0 Å². The van der Waals surface area contributed by atoms with E-state index in [1.54, 1.807) is 25.7 Å². The van der Waals surface area contributed by atoms with Gasteiger partial charge in [0.15, 0.2) is 0 Å². The van der Waals surface area contributed by atoms with Gasteiger partial charge in [0.2, 0.25) is 0 Å². The van der Waals surface area contributed by atoms with Crippen LogP contribution in [0.4, 0.5) is 0 Å². The van der Waals surface area contributed by atoms with E-state index < -0.39 is 0 Å². The van der Waals surface area contributed by atoms with Crippen LogP contribution in [0.25, 0.3) is 0 Å². The molecule has 0 aromatic carbocycles. The third-order valence-electron chi connectivity index (χ3n) is 4.56. The lowest BCUT2D eigenvalue weighted by molar-refractivity contribution is 0.141. The molecule has 2 aliphatic carbocycles. The van der Waals surface area contributed by atoms with Crippen molar-refractivity contribution in [3.8, 4) is 0 Å². The number of hydrogen-bond donors (Lipinski definition) is 1. The summed E-state index contributed by atoms with van der Waals surface area (Å²) in [5.41, 5.74) is 0.792. The van der Waals surface area contributed by atoms with Gasteiger partial charge in [-0.3, -0.25) is 0 Å². The summed E-state index contributed by atoms with van der Waals surface area (Å²) in [6.07, 6.45) is 9.26. The van der Waals surface area contributed by atoms with Gasteiger partial charge >= 0.3 is 0 Å². The first kappa shape index (κ1) is 7.37. The lowest BCUT2D eigenvalue weighted by Crippen LogP contribution is -2.51. The maximum absolute atomic E-state index is 3.44. The average molecular weight is 165 g/mol. The van der Waals surface area contributed by atoms with Crippen LogP contribution in [0.5, 0.6) is 0 Å². The van der Waals surface area contributed by atoms with Gasteiger partial charge in [0, 0.05) is 13.1 Å². The third kappa shape index (κ3) is 0.953. The molecule has 1 unspecified atom stereocenters. The molecule has 0 aromatic rings. The summed E-state index contributed by atoms with van der Waals surface area (Å²) in [5.74, 6) is 2.27. The molecule has 68 valence electrons. The number of nitrogens with one attached hydrogen (secondary N) is 1. The van der Waals surface area contributed by atoms with Crippen LogP contribution < -0.4 is 5.32 Å². The zero-order chi connectivity index (χ0) is 8.02. The minimum absolute atomic E-state index is 0.792. The molecule has 0 radical (unpaired) electrons. The molecule has 0 bridgehead atoms. The van der Waals surface area contributed by atoms with E-state index in [4.69, 9.17) is 0 Å². The van der Waals surface area contributed by atoms with Crippen molar-refractivity contribution >= 4 is 0 Å². The van der Waals surface area contributed by atoms with Crippen LogP contribution in [-0.4, -0.2) is 13.1 Å². The number of rotatable bonds is 1. The molecular weight excluding hydrogens is 146 g/mol. The highest BCUT2D eigenvalue weighted by Crippen LogP contribution is 2.51. The Balaban J connectivity index is 1.62. The van der Waals surface area contributed by atoms with Gasteiger partial charge in [0.05, 0.1) is 0 Å². The lowest BCUT2D eigenvalue weighted by atomic mass is 9.72. The fourth-order valence-corrected chi connectivity index (χ4v) is 3.37. The second-order valence-electron chi connectivity index (χ2n) is 5.30. The molecule has 0 amide bonds. The minimum Gasteiger partial charge on any atom is -0.316 e. The molecule has 3 rings (SSSR count). The van der Waals surface area contributed by atoms with Crippen LogP contribution in [0.3, 0.4) is 0 Å². The quantitative estimate of drug-likeness (QED) is 0.628. The van der Waals surface area contributed by atoms with Crippen molar-refractivity contribution in [2.75, 3.05) is 13.1 Å². The Kier molecular flexibility index (Phi) is 1.52. The maximum atomic E-state index is 3.44. The van der Waals surface area contributed by atoms with Gasteiger partial charge in [-0.25, -0.2) is 0 Å². The monoisotopic (exact) mass is 165 g/mol. The zero-order valence-electron chi connectivity index (χ0n) is 7.81. The van der Waals surface area contributed by atoms with E-state index in [-0.39, 0.29) is 0 Å². The second-order valence-corrected chi connectivity index (χ2v) is 5.30. The Morgan fingerprint density at radius 1 is 1.00 bits per heavy atom. The molecule has 1 heteroatoms. The molecule has 12 heavy (non-hydrogen) atoms. The Labute approximate surface area is 74.9 Å². The van der Waals surface area contributed by atoms with Crippen molar-refractivity contribution in [1.29, 1.82) is 0 Å². The topological polar surface area (TPSA) is 12.0 Å². The summed E-state index contributed by atoms with van der Waals surface area (Å²) in [4.78, 5) is 0. The van der Waals surface area contributed by atoms with Gasteiger partial charge in [-0.2, -0.15) is 0 Å². The third-order valence-corrected chi connectivity index (χ3v) is 4.56. The Bertz CT molecular complexity index is 179. The van der Waals surface area contributed by atoms with E-state index in [0.717, 1.165) is 17.3 Å². The Morgan fingerprint density at radius 2 is 1.83 bits per heavy atom. The molecule has 1 aliphatic heterocycles. The molecule has 1 spiro atoms. The first-order valence-electron chi connectivity index (χ1n) is 5.59. The van der Waals surface area contributed by atoms with E-state index in [1.165, 1.54) is 25.9 Å². The molecule has 1 heterocycles. The summed E-state index contributed by atoms with van der Waals surface area (Å²) < 4.78 is 0. The van der Waals surface area contributed by atoms with Crippen molar-refractivity contribution in [2.45, 2.75) is 38.5 Å². The molecule has 1 N–H and O–H groups in total. The van der Waals surface area contributed by atoms with E-state index in [2.05, 4.69) is 5.32 Å². The number of hydrogen-bond acceptors (Lipinski definition) is 1. The first-order valence-corrected chi connectivity index (χ1v) is 5.59. The minimum atomic E-state index is 0.792. The smallest absolute Gasteiger partial charge is 0.00203 e. The standard InChI is InChI=1S/C11H19N/c1-2-9(3-1)10-4-5-11(6-10)7-12-8-11/h9-10,12H,1-8H2. The van der Waals surface area contributed by atoms with E-state index >= 15 is 0 Å². The van der Waals surface area contributed by atoms with Gasteiger partial charge in [0.25, 0.3) is 0 Å². The summed E-state index contributed by atoms with van der Waals surface area (Å²) in [6.45, 7) is 2.66. The van der Waals surface area contributed by atoms with Crippen molar-refractivity contribution in [2.24, 2.45) is 17.3 Å². The van der Waals surface area contributed by atoms with Crippen molar-refractivity contribution in [3.05, 3.63) is 0 Å². The fraction of sp³-hybridized carbons (Fsp3) is 1.00. The van der Waals surface area contributed by atoms with Gasteiger partial charge < -0.3 is 5.32 Å². The molecule has 1 atom stereocenters. The SMILES string of the molecule is C1CC(C2CCC3(CNC3)C2)C1. The molecule has 3 fully saturated rings. The molecule has 3 aliphatic rings. The predicted octanol–water partition coefficient (Wildman–Crippen LogP) is 2.18. The van der Waals surface area contributed by atoms with Crippen molar-refractivity contribution in [3.63, 3.8) is 0 Å². The Morgan fingerprint density at radius 3 is 2.25 bits per heavy atom. The summed E-state index contributed by atoms with van der Waals surface area (Å²) in [6, 6.07) is 0. The highest BCUT2D eigenvalue weighted by Gasteiger charge is 2.46. The highest BCUT2D eigenvalue weighted by atomic mass is 15.0. The van der Waals surface area contributed by atoms with Crippen LogP contribution in [0.1, 0.15) is 38.5 Å². The van der Waals surface area contributed by atoms with E-state index in [0.29, 0.717) is 0 Å². The second kappa shape index (κ2) is 2.47. The van der Waals surface area contributed by atoms with Crippen LogP contribution in [0.15, 0.2) is 0 Å². The average Bonchev–Trinajstić information content (AvgIpc) is 2.27. The summed E-state index contributed by atoms with van der Waals surface area (Å²) >= 11 is 0. The van der Waals surface area contributed by atoms with Crippen LogP contribution in [0.2, 0.25) is 0 Å². The van der Waals surface area contributed by atoms with Crippen LogP contribution in [0, 0.1) is 17.3 Å². The van der Waals surface area contributed by atoms with Crippen LogP contribution >= 0.6 is 0 Å². The lowest BCUT2D eigenvalue weighted by Gasteiger charge is -2.41. The normalized spacial score (nSPS) is 39.5. The molecule has 1 nitrogen and oxygen atoms in total. The summed E-state index contributed by atoms with van der Waals surface area (Å²) in [7, 11) is 0. The zero-order valence-corrected chi connectivity index (χ0v) is 7.81. The largest absolute Gasteiger partial charge is 0.316 e. The highest BCUT2D eigenvalue weighted by molar-refractivity contribution is 5.00. The van der Waals surface area contributed by atoms with E-state index in [1.807, 2.05) is 0 Å².